The Morgan fingerprint density at radius 3 is 2.55 bits per heavy atom. The predicted octanol–water partition coefficient (Wildman–Crippen LogP) is 4.51. The average molecular weight is 303 g/mol. The van der Waals surface area contributed by atoms with Gasteiger partial charge in [-0.05, 0) is 66.8 Å². The van der Waals surface area contributed by atoms with Crippen molar-refractivity contribution in [1.29, 1.82) is 0 Å². The number of rotatable bonds is 2. The Morgan fingerprint density at radius 2 is 1.80 bits per heavy atom. The zero-order valence-corrected chi connectivity index (χ0v) is 14.0. The van der Waals surface area contributed by atoms with Gasteiger partial charge in [0.1, 0.15) is 0 Å². The Hall–Kier alpha value is -0.770. The first-order chi connectivity index (χ1) is 9.56. The molecule has 1 unspecified atom stereocenters. The fourth-order valence-electron chi connectivity index (χ4n) is 2.79. The van der Waals surface area contributed by atoms with Crippen molar-refractivity contribution in [2.45, 2.75) is 39.0 Å². The number of hydrogen-bond donors (Lipinski definition) is 1. The predicted molar refractivity (Wildman–Crippen MR) is 90.9 cm³/mol. The second-order valence-electron chi connectivity index (χ2n) is 5.67. The molecule has 20 heavy (non-hydrogen) atoms. The van der Waals surface area contributed by atoms with Crippen molar-refractivity contribution in [2.24, 2.45) is 5.73 Å². The first-order valence-corrected chi connectivity index (χ1v) is 9.06. The van der Waals surface area contributed by atoms with Gasteiger partial charge in [-0.1, -0.05) is 12.1 Å². The van der Waals surface area contributed by atoms with E-state index in [0.717, 1.165) is 5.75 Å². The van der Waals surface area contributed by atoms with Crippen LogP contribution in [-0.4, -0.2) is 5.75 Å². The Kier molecular flexibility index (Phi) is 3.93. The van der Waals surface area contributed by atoms with E-state index in [1.165, 1.54) is 44.9 Å². The maximum absolute atomic E-state index is 6.55. The van der Waals surface area contributed by atoms with Gasteiger partial charge in [0.05, 0.1) is 6.04 Å². The van der Waals surface area contributed by atoms with Crippen LogP contribution in [0.3, 0.4) is 0 Å². The zero-order valence-electron chi connectivity index (χ0n) is 12.3. The molecule has 1 aromatic carbocycles. The molecule has 1 nitrogen and oxygen atoms in total. The minimum atomic E-state index is 0.0231. The van der Waals surface area contributed by atoms with Crippen molar-refractivity contribution < 1.29 is 0 Å². The molecule has 0 spiro atoms. The molecular weight excluding hydrogens is 282 g/mol. The van der Waals surface area contributed by atoms with Gasteiger partial charge in [0.15, 0.2) is 0 Å². The van der Waals surface area contributed by atoms with Gasteiger partial charge < -0.3 is 5.73 Å². The number of thiophene rings is 1. The summed E-state index contributed by atoms with van der Waals surface area (Å²) in [6.45, 7) is 6.50. The fourth-order valence-corrected chi connectivity index (χ4v) is 5.19. The quantitative estimate of drug-likeness (QED) is 0.883. The molecule has 2 heterocycles. The lowest BCUT2D eigenvalue weighted by Gasteiger charge is -2.15. The van der Waals surface area contributed by atoms with E-state index in [9.17, 15) is 0 Å². The van der Waals surface area contributed by atoms with Gasteiger partial charge in [0.2, 0.25) is 0 Å². The summed E-state index contributed by atoms with van der Waals surface area (Å²) in [5.41, 5.74) is 13.3. The van der Waals surface area contributed by atoms with Gasteiger partial charge >= 0.3 is 0 Å². The Labute approximate surface area is 129 Å². The molecule has 1 aliphatic rings. The molecule has 0 fully saturated rings. The number of thioether (sulfide) groups is 1. The third-order valence-electron chi connectivity index (χ3n) is 4.17. The van der Waals surface area contributed by atoms with Crippen LogP contribution < -0.4 is 5.73 Å². The number of aryl methyl sites for hydroxylation is 4. The lowest BCUT2D eigenvalue weighted by atomic mass is 9.95. The van der Waals surface area contributed by atoms with E-state index >= 15 is 0 Å². The molecule has 0 bridgehead atoms. The summed E-state index contributed by atoms with van der Waals surface area (Å²) in [7, 11) is 0. The highest BCUT2D eigenvalue weighted by atomic mass is 32.2. The molecule has 2 aromatic rings. The molecular formula is C17H21NS2. The summed E-state index contributed by atoms with van der Waals surface area (Å²) in [5, 5.41) is 0. The van der Waals surface area contributed by atoms with Gasteiger partial charge in [0.25, 0.3) is 0 Å². The molecule has 0 amide bonds. The molecule has 2 N–H and O–H groups in total. The standard InChI is InChI=1S/C17H21NS2/c1-10-6-12(3)14(7-11(10)2)17(18)16-8-13-9-19-5-4-15(13)20-16/h6-8,17H,4-5,9,18H2,1-3H3. The number of hydrogen-bond acceptors (Lipinski definition) is 3. The van der Waals surface area contributed by atoms with Gasteiger partial charge in [-0.3, -0.25) is 0 Å². The van der Waals surface area contributed by atoms with Crippen molar-refractivity contribution in [3.05, 3.63) is 55.8 Å². The van der Waals surface area contributed by atoms with Gasteiger partial charge in [-0.15, -0.1) is 11.3 Å². The van der Waals surface area contributed by atoms with Crippen molar-refractivity contribution >= 4 is 23.1 Å². The highest BCUT2D eigenvalue weighted by Crippen LogP contribution is 2.36. The largest absolute Gasteiger partial charge is 0.320 e. The van der Waals surface area contributed by atoms with Crippen LogP contribution in [0.15, 0.2) is 18.2 Å². The van der Waals surface area contributed by atoms with Gasteiger partial charge in [0, 0.05) is 15.5 Å². The van der Waals surface area contributed by atoms with Crippen LogP contribution >= 0.6 is 23.1 Å². The fraction of sp³-hybridized carbons (Fsp3) is 0.412. The van der Waals surface area contributed by atoms with E-state index < -0.39 is 0 Å². The average Bonchev–Trinajstić information content (AvgIpc) is 2.86. The van der Waals surface area contributed by atoms with E-state index in [4.69, 9.17) is 5.73 Å². The van der Waals surface area contributed by atoms with Gasteiger partial charge in [-0.2, -0.15) is 11.8 Å². The summed E-state index contributed by atoms with van der Waals surface area (Å²) in [4.78, 5) is 2.87. The first-order valence-electron chi connectivity index (χ1n) is 7.09. The van der Waals surface area contributed by atoms with E-state index in [2.05, 4.69) is 39.0 Å². The maximum atomic E-state index is 6.55. The Balaban J connectivity index is 1.98. The van der Waals surface area contributed by atoms with Crippen LogP contribution in [0.25, 0.3) is 0 Å². The maximum Gasteiger partial charge on any atom is 0.0648 e. The van der Waals surface area contributed by atoms with Crippen LogP contribution in [0.2, 0.25) is 0 Å². The molecule has 0 aliphatic carbocycles. The monoisotopic (exact) mass is 303 g/mol. The molecule has 1 aliphatic heterocycles. The number of fused-ring (bicyclic) bond motifs is 1. The van der Waals surface area contributed by atoms with Crippen LogP contribution in [0, 0.1) is 20.8 Å². The second-order valence-corrected chi connectivity index (χ2v) is 7.94. The van der Waals surface area contributed by atoms with Crippen molar-refractivity contribution in [3.63, 3.8) is 0 Å². The highest BCUT2D eigenvalue weighted by molar-refractivity contribution is 7.98. The number of nitrogens with two attached hydrogens (primary N) is 1. The zero-order chi connectivity index (χ0) is 14.3. The number of benzene rings is 1. The molecule has 106 valence electrons. The molecule has 3 heteroatoms. The first kappa shape index (κ1) is 14.2. The van der Waals surface area contributed by atoms with E-state index in [1.54, 1.807) is 4.88 Å². The van der Waals surface area contributed by atoms with Crippen molar-refractivity contribution in [3.8, 4) is 0 Å². The normalized spacial score (nSPS) is 16.0. The van der Waals surface area contributed by atoms with E-state index in [0.29, 0.717) is 0 Å². The van der Waals surface area contributed by atoms with E-state index in [-0.39, 0.29) is 6.04 Å². The summed E-state index contributed by atoms with van der Waals surface area (Å²) in [5.74, 6) is 2.41. The molecule has 0 saturated heterocycles. The SMILES string of the molecule is Cc1cc(C)c(C(N)c2cc3c(s2)CCSC3)cc1C. The third kappa shape index (κ3) is 2.54. The van der Waals surface area contributed by atoms with Crippen molar-refractivity contribution in [1.82, 2.24) is 0 Å². The Morgan fingerprint density at radius 1 is 1.05 bits per heavy atom. The minimum Gasteiger partial charge on any atom is -0.320 e. The molecule has 1 aromatic heterocycles. The van der Waals surface area contributed by atoms with Crippen LogP contribution in [-0.2, 0) is 12.2 Å². The molecule has 0 saturated carbocycles. The summed E-state index contributed by atoms with van der Waals surface area (Å²) in [6, 6.07) is 6.89. The van der Waals surface area contributed by atoms with E-state index in [1.807, 2.05) is 23.1 Å². The van der Waals surface area contributed by atoms with Crippen LogP contribution in [0.1, 0.15) is 43.6 Å². The molecule has 1 atom stereocenters. The summed E-state index contributed by atoms with van der Waals surface area (Å²) >= 11 is 3.95. The van der Waals surface area contributed by atoms with Crippen molar-refractivity contribution in [2.75, 3.05) is 5.75 Å². The highest BCUT2D eigenvalue weighted by Gasteiger charge is 2.19. The summed E-state index contributed by atoms with van der Waals surface area (Å²) in [6.07, 6.45) is 1.21. The third-order valence-corrected chi connectivity index (χ3v) is 6.50. The lowest BCUT2D eigenvalue weighted by Crippen LogP contribution is -2.12. The van der Waals surface area contributed by atoms with Crippen LogP contribution in [0.4, 0.5) is 0 Å². The molecule has 3 rings (SSSR count). The lowest BCUT2D eigenvalue weighted by molar-refractivity contribution is 0.878. The van der Waals surface area contributed by atoms with Gasteiger partial charge in [-0.25, -0.2) is 0 Å². The topological polar surface area (TPSA) is 26.0 Å². The molecule has 0 radical (unpaired) electrons. The smallest absolute Gasteiger partial charge is 0.0648 e. The summed E-state index contributed by atoms with van der Waals surface area (Å²) < 4.78 is 0. The van der Waals surface area contributed by atoms with Crippen LogP contribution in [0.5, 0.6) is 0 Å². The minimum absolute atomic E-state index is 0.0231. The Bertz CT molecular complexity index is 619. The second kappa shape index (κ2) is 5.55.